The molecule has 1 aromatic carbocycles. The second-order valence-electron chi connectivity index (χ2n) is 4.84. The van der Waals surface area contributed by atoms with E-state index in [1.807, 2.05) is 20.8 Å². The van der Waals surface area contributed by atoms with Gasteiger partial charge in [0.15, 0.2) is 6.17 Å². The van der Waals surface area contributed by atoms with E-state index in [4.69, 9.17) is 0 Å². The van der Waals surface area contributed by atoms with Gasteiger partial charge in [0, 0.05) is 17.8 Å². The molecule has 1 atom stereocenters. The van der Waals surface area contributed by atoms with Gasteiger partial charge >= 0.3 is 0 Å². The molecule has 0 radical (unpaired) electrons. The minimum Gasteiger partial charge on any atom is -0.311 e. The Kier molecular flexibility index (Phi) is 2.92. The van der Waals surface area contributed by atoms with E-state index < -0.39 is 16.6 Å². The van der Waals surface area contributed by atoms with Crippen LogP contribution in [0.25, 0.3) is 0 Å². The summed E-state index contributed by atoms with van der Waals surface area (Å²) >= 11 is 0. The van der Waals surface area contributed by atoms with E-state index in [1.165, 1.54) is 12.1 Å². The van der Waals surface area contributed by atoms with Crippen LogP contribution in [0, 0.1) is 10.1 Å². The maximum absolute atomic E-state index is 10.7. The fourth-order valence-electron chi connectivity index (χ4n) is 1.88. The molecular formula is C12H15N3O3. The lowest BCUT2D eigenvalue weighted by Gasteiger charge is -2.29. The molecule has 96 valence electrons. The Morgan fingerprint density at radius 1 is 1.50 bits per heavy atom. The summed E-state index contributed by atoms with van der Waals surface area (Å²) in [7, 11) is 0. The zero-order valence-electron chi connectivity index (χ0n) is 10.5. The number of hydrogen-bond acceptors (Lipinski definition) is 5. The Balaban J connectivity index is 2.40. The highest BCUT2D eigenvalue weighted by molar-refractivity contribution is 5.92. The standard InChI is InChI=1S/C12H15N3O3/c1-8-12(2,3)14(16)11(13-8)9-5-4-6-10(7-9)15(17)18/h4-7,11,16H,1-3H3. The van der Waals surface area contributed by atoms with E-state index in [0.29, 0.717) is 5.56 Å². The van der Waals surface area contributed by atoms with E-state index in [2.05, 4.69) is 4.99 Å². The fraction of sp³-hybridized carbons (Fsp3) is 0.417. The van der Waals surface area contributed by atoms with Crippen LogP contribution in [0.3, 0.4) is 0 Å². The number of nitrogens with zero attached hydrogens (tertiary/aromatic N) is 3. The molecule has 0 aromatic heterocycles. The molecule has 1 aliphatic rings. The number of nitro benzene ring substituents is 1. The number of hydroxylamine groups is 2. The molecule has 1 aliphatic heterocycles. The van der Waals surface area contributed by atoms with Gasteiger partial charge in [-0.15, -0.1) is 0 Å². The van der Waals surface area contributed by atoms with Crippen LogP contribution in [-0.4, -0.2) is 26.4 Å². The predicted octanol–water partition coefficient (Wildman–Crippen LogP) is 2.54. The number of rotatable bonds is 2. The first-order valence-corrected chi connectivity index (χ1v) is 5.61. The summed E-state index contributed by atoms with van der Waals surface area (Å²) in [6.45, 7) is 5.53. The summed E-state index contributed by atoms with van der Waals surface area (Å²) in [5.74, 6) is 0. The van der Waals surface area contributed by atoms with E-state index in [-0.39, 0.29) is 5.69 Å². The lowest BCUT2D eigenvalue weighted by molar-refractivity contribution is -0.385. The quantitative estimate of drug-likeness (QED) is 0.645. The second-order valence-corrected chi connectivity index (χ2v) is 4.84. The van der Waals surface area contributed by atoms with Crippen molar-refractivity contribution >= 4 is 11.4 Å². The van der Waals surface area contributed by atoms with E-state index in [1.54, 1.807) is 12.1 Å². The number of hydrogen-bond donors (Lipinski definition) is 1. The number of nitro groups is 1. The Bertz CT molecular complexity index is 525. The molecule has 1 heterocycles. The minimum atomic E-state index is -0.583. The summed E-state index contributed by atoms with van der Waals surface area (Å²) in [6.07, 6.45) is -0.583. The zero-order valence-corrected chi connectivity index (χ0v) is 10.5. The number of aliphatic imine (C=N–C) groups is 1. The SMILES string of the molecule is CC1=NC(c2cccc([N+](=O)[O-])c2)N(O)C1(C)C. The smallest absolute Gasteiger partial charge is 0.269 e. The van der Waals surface area contributed by atoms with Crippen LogP contribution in [0.2, 0.25) is 0 Å². The van der Waals surface area contributed by atoms with Gasteiger partial charge in [-0.3, -0.25) is 15.1 Å². The van der Waals surface area contributed by atoms with Crippen LogP contribution in [0.1, 0.15) is 32.5 Å². The van der Waals surface area contributed by atoms with Gasteiger partial charge in [-0.1, -0.05) is 12.1 Å². The van der Waals surface area contributed by atoms with Crippen molar-refractivity contribution in [3.63, 3.8) is 0 Å². The van der Waals surface area contributed by atoms with Gasteiger partial charge in [0.05, 0.1) is 10.5 Å². The third kappa shape index (κ3) is 1.89. The van der Waals surface area contributed by atoms with Gasteiger partial charge in [-0.05, 0) is 26.3 Å². The van der Waals surface area contributed by atoms with Gasteiger partial charge < -0.3 is 5.21 Å². The average Bonchev–Trinajstić information content (AvgIpc) is 2.53. The molecule has 1 N–H and O–H groups in total. The third-order valence-electron chi connectivity index (χ3n) is 3.38. The first kappa shape index (κ1) is 12.7. The van der Waals surface area contributed by atoms with Gasteiger partial charge in [0.1, 0.15) is 0 Å². The molecule has 0 spiro atoms. The lowest BCUT2D eigenvalue weighted by Crippen LogP contribution is -2.42. The Morgan fingerprint density at radius 2 is 2.17 bits per heavy atom. The molecule has 6 nitrogen and oxygen atoms in total. The summed E-state index contributed by atoms with van der Waals surface area (Å²) in [5, 5.41) is 22.0. The van der Waals surface area contributed by atoms with Gasteiger partial charge in [0.2, 0.25) is 0 Å². The van der Waals surface area contributed by atoms with Crippen molar-refractivity contribution < 1.29 is 10.1 Å². The fourth-order valence-corrected chi connectivity index (χ4v) is 1.88. The lowest BCUT2D eigenvalue weighted by atomic mass is 10.0. The average molecular weight is 249 g/mol. The molecule has 0 saturated carbocycles. The molecule has 18 heavy (non-hydrogen) atoms. The largest absolute Gasteiger partial charge is 0.311 e. The van der Waals surface area contributed by atoms with E-state index in [9.17, 15) is 15.3 Å². The topological polar surface area (TPSA) is 79.0 Å². The maximum atomic E-state index is 10.7. The Labute approximate surface area is 105 Å². The first-order chi connectivity index (χ1) is 8.34. The van der Waals surface area contributed by atoms with Crippen molar-refractivity contribution in [1.82, 2.24) is 5.06 Å². The highest BCUT2D eigenvalue weighted by atomic mass is 16.6. The van der Waals surface area contributed by atoms with Crippen LogP contribution >= 0.6 is 0 Å². The summed E-state index contributed by atoms with van der Waals surface area (Å²) in [5.41, 5.74) is 0.839. The molecule has 0 saturated heterocycles. The van der Waals surface area contributed by atoms with Crippen LogP contribution in [0.4, 0.5) is 5.69 Å². The molecular weight excluding hydrogens is 234 g/mol. The highest BCUT2D eigenvalue weighted by Crippen LogP contribution is 2.36. The molecule has 1 unspecified atom stereocenters. The molecule has 0 aliphatic carbocycles. The Morgan fingerprint density at radius 3 is 2.67 bits per heavy atom. The summed E-state index contributed by atoms with van der Waals surface area (Å²) in [6, 6.07) is 6.17. The molecule has 2 rings (SSSR count). The maximum Gasteiger partial charge on any atom is 0.269 e. The third-order valence-corrected chi connectivity index (χ3v) is 3.38. The van der Waals surface area contributed by atoms with Crippen molar-refractivity contribution in [1.29, 1.82) is 0 Å². The molecule has 6 heteroatoms. The molecule has 0 bridgehead atoms. The van der Waals surface area contributed by atoms with Crippen molar-refractivity contribution in [2.24, 2.45) is 4.99 Å². The second kappa shape index (κ2) is 4.15. The summed E-state index contributed by atoms with van der Waals surface area (Å²) < 4.78 is 0. The van der Waals surface area contributed by atoms with Gasteiger partial charge in [-0.25, -0.2) is 0 Å². The van der Waals surface area contributed by atoms with E-state index in [0.717, 1.165) is 10.8 Å². The van der Waals surface area contributed by atoms with Crippen LogP contribution in [0.15, 0.2) is 29.3 Å². The van der Waals surface area contributed by atoms with Crippen LogP contribution < -0.4 is 0 Å². The Hall–Kier alpha value is -1.79. The molecule has 0 fully saturated rings. The zero-order chi connectivity index (χ0) is 13.5. The van der Waals surface area contributed by atoms with Crippen molar-refractivity contribution in [2.75, 3.05) is 0 Å². The van der Waals surface area contributed by atoms with E-state index >= 15 is 0 Å². The predicted molar refractivity (Wildman–Crippen MR) is 66.7 cm³/mol. The summed E-state index contributed by atoms with van der Waals surface area (Å²) in [4.78, 5) is 14.6. The van der Waals surface area contributed by atoms with Crippen molar-refractivity contribution in [3.8, 4) is 0 Å². The monoisotopic (exact) mass is 249 g/mol. The van der Waals surface area contributed by atoms with Crippen molar-refractivity contribution in [2.45, 2.75) is 32.5 Å². The van der Waals surface area contributed by atoms with Crippen LogP contribution in [0.5, 0.6) is 0 Å². The molecule has 0 amide bonds. The van der Waals surface area contributed by atoms with Gasteiger partial charge in [-0.2, -0.15) is 5.06 Å². The number of non-ortho nitro benzene ring substituents is 1. The first-order valence-electron chi connectivity index (χ1n) is 5.61. The highest BCUT2D eigenvalue weighted by Gasteiger charge is 2.41. The minimum absolute atomic E-state index is 0.00143. The molecule has 1 aromatic rings. The van der Waals surface area contributed by atoms with Crippen LogP contribution in [-0.2, 0) is 0 Å². The van der Waals surface area contributed by atoms with Gasteiger partial charge in [0.25, 0.3) is 5.69 Å². The van der Waals surface area contributed by atoms with Crippen molar-refractivity contribution in [3.05, 3.63) is 39.9 Å². The normalized spacial score (nSPS) is 22.9. The number of benzene rings is 1.